The molecule has 1 N–H and O–H groups in total. The zero-order chi connectivity index (χ0) is 35.3. The first-order valence-corrected chi connectivity index (χ1v) is 16.3. The first-order chi connectivity index (χ1) is 24.9. The van der Waals surface area contributed by atoms with Crippen molar-refractivity contribution in [1.82, 2.24) is 19.7 Å². The summed E-state index contributed by atoms with van der Waals surface area (Å²) in [5, 5.41) is 7.48. The molecule has 0 aliphatic carbocycles. The quantitative estimate of drug-likeness (QED) is 0.155. The molecule has 13 heteroatoms. The molecule has 0 spiro atoms. The fourth-order valence-corrected chi connectivity index (χ4v) is 5.89. The Morgan fingerprint density at radius 1 is 0.882 bits per heavy atom. The molecular weight excluding hydrogens is 660 g/mol. The highest BCUT2D eigenvalue weighted by molar-refractivity contribution is 6.04. The molecule has 6 aromatic rings. The van der Waals surface area contributed by atoms with Crippen LogP contribution in [0.5, 0.6) is 23.0 Å². The van der Waals surface area contributed by atoms with Crippen molar-refractivity contribution in [2.75, 3.05) is 51.9 Å². The van der Waals surface area contributed by atoms with Gasteiger partial charge in [-0.1, -0.05) is 24.3 Å². The second-order valence-corrected chi connectivity index (χ2v) is 11.7. The highest BCUT2D eigenvalue weighted by atomic mass is 19.1. The summed E-state index contributed by atoms with van der Waals surface area (Å²) in [7, 11) is 1.54. The number of nitrogens with zero attached hydrogens (tertiary/aromatic N) is 4. The SMILES string of the molecule is COc1cc2c(Oc3ccc(NC(=O)c4nn(-c5ccccc5F)c5ccccc5c4=O)cc3F)ccnc2cc1OCCCN1CCOCC1. The third-order valence-corrected chi connectivity index (χ3v) is 8.46. The number of anilines is 1. The monoisotopic (exact) mass is 693 g/mol. The Bertz CT molecular complexity index is 2290. The van der Waals surface area contributed by atoms with Crippen molar-refractivity contribution in [2.24, 2.45) is 0 Å². The molecule has 0 radical (unpaired) electrons. The Kier molecular flexibility index (Phi) is 9.81. The number of rotatable bonds is 11. The molecule has 1 amide bonds. The number of nitrogens with one attached hydrogen (secondary N) is 1. The van der Waals surface area contributed by atoms with Crippen LogP contribution in [0.2, 0.25) is 0 Å². The maximum Gasteiger partial charge on any atom is 0.280 e. The molecule has 51 heavy (non-hydrogen) atoms. The van der Waals surface area contributed by atoms with Crippen LogP contribution in [0.15, 0.2) is 95.9 Å². The molecule has 0 unspecified atom stereocenters. The van der Waals surface area contributed by atoms with Gasteiger partial charge in [0.25, 0.3) is 5.91 Å². The van der Waals surface area contributed by atoms with E-state index in [9.17, 15) is 14.0 Å². The number of ether oxygens (including phenoxy) is 4. The summed E-state index contributed by atoms with van der Waals surface area (Å²) in [4.78, 5) is 33.4. The minimum absolute atomic E-state index is 0.0494. The Labute approximate surface area is 291 Å². The van der Waals surface area contributed by atoms with Gasteiger partial charge in [0, 0.05) is 49.0 Å². The Morgan fingerprint density at radius 2 is 1.69 bits per heavy atom. The van der Waals surface area contributed by atoms with Gasteiger partial charge in [-0.3, -0.25) is 19.5 Å². The van der Waals surface area contributed by atoms with Crippen LogP contribution in [0.1, 0.15) is 16.9 Å². The van der Waals surface area contributed by atoms with Crippen LogP contribution < -0.4 is 25.0 Å². The Balaban J connectivity index is 1.09. The third kappa shape index (κ3) is 7.21. The van der Waals surface area contributed by atoms with Gasteiger partial charge >= 0.3 is 0 Å². The van der Waals surface area contributed by atoms with Crippen LogP contribution in [0.4, 0.5) is 14.5 Å². The van der Waals surface area contributed by atoms with Crippen molar-refractivity contribution in [3.05, 3.63) is 119 Å². The normalized spacial score (nSPS) is 13.3. The molecule has 1 fully saturated rings. The average molecular weight is 694 g/mol. The minimum Gasteiger partial charge on any atom is -0.493 e. The number of aromatic nitrogens is 3. The maximum atomic E-state index is 15.5. The molecule has 0 bridgehead atoms. The number of pyridine rings is 1. The van der Waals surface area contributed by atoms with Gasteiger partial charge < -0.3 is 24.3 Å². The largest absolute Gasteiger partial charge is 0.493 e. The van der Waals surface area contributed by atoms with E-state index in [0.717, 1.165) is 45.3 Å². The van der Waals surface area contributed by atoms with E-state index < -0.39 is 28.7 Å². The molecule has 1 saturated heterocycles. The number of morpholine rings is 1. The van der Waals surface area contributed by atoms with Crippen LogP contribution >= 0.6 is 0 Å². The van der Waals surface area contributed by atoms with E-state index in [1.165, 1.54) is 48.2 Å². The van der Waals surface area contributed by atoms with Gasteiger partial charge in [0.15, 0.2) is 28.8 Å². The fourth-order valence-electron chi connectivity index (χ4n) is 5.89. The van der Waals surface area contributed by atoms with Gasteiger partial charge in [-0.05, 0) is 55.0 Å². The van der Waals surface area contributed by atoms with E-state index in [-0.39, 0.29) is 22.5 Å². The van der Waals surface area contributed by atoms with Crippen molar-refractivity contribution in [2.45, 2.75) is 6.42 Å². The van der Waals surface area contributed by atoms with Crippen LogP contribution in [-0.2, 0) is 4.74 Å². The number of halogens is 2. The molecule has 260 valence electrons. The molecule has 7 rings (SSSR count). The van der Waals surface area contributed by atoms with E-state index >= 15 is 4.39 Å². The first-order valence-electron chi connectivity index (χ1n) is 16.3. The predicted octanol–water partition coefficient (Wildman–Crippen LogP) is 6.37. The summed E-state index contributed by atoms with van der Waals surface area (Å²) in [6.45, 7) is 4.70. The van der Waals surface area contributed by atoms with Crippen LogP contribution in [-0.4, -0.2) is 72.1 Å². The van der Waals surface area contributed by atoms with E-state index in [1.807, 2.05) is 0 Å². The molecule has 3 heterocycles. The van der Waals surface area contributed by atoms with Gasteiger partial charge in [0.05, 0.1) is 43.4 Å². The average Bonchev–Trinajstić information content (AvgIpc) is 3.15. The van der Waals surface area contributed by atoms with Gasteiger partial charge in [-0.25, -0.2) is 13.5 Å². The second-order valence-electron chi connectivity index (χ2n) is 11.7. The number of benzene rings is 4. The molecule has 11 nitrogen and oxygen atoms in total. The first kappa shape index (κ1) is 33.6. The number of carbonyl (C=O) groups excluding carboxylic acids is 1. The van der Waals surface area contributed by atoms with E-state index in [2.05, 4.69) is 20.3 Å². The predicted molar refractivity (Wildman–Crippen MR) is 187 cm³/mol. The fraction of sp³-hybridized carbons (Fsp3) is 0.211. The number of amides is 1. The van der Waals surface area contributed by atoms with Gasteiger partial charge in [-0.15, -0.1) is 0 Å². The van der Waals surface area contributed by atoms with Crippen molar-refractivity contribution in [3.8, 4) is 28.7 Å². The molecule has 1 aliphatic heterocycles. The van der Waals surface area contributed by atoms with Gasteiger partial charge in [0.1, 0.15) is 17.3 Å². The van der Waals surface area contributed by atoms with Crippen LogP contribution in [0.3, 0.4) is 0 Å². The Hall–Kier alpha value is -5.92. The van der Waals surface area contributed by atoms with E-state index in [1.54, 1.807) is 48.7 Å². The zero-order valence-electron chi connectivity index (χ0n) is 27.6. The lowest BCUT2D eigenvalue weighted by atomic mass is 10.1. The van der Waals surface area contributed by atoms with Crippen molar-refractivity contribution in [1.29, 1.82) is 0 Å². The number of hydrogen-bond acceptors (Lipinski definition) is 9. The topological polar surface area (TPSA) is 117 Å². The molecular formula is C38H33F2N5O6. The summed E-state index contributed by atoms with van der Waals surface area (Å²) in [6.07, 6.45) is 2.38. The lowest BCUT2D eigenvalue weighted by molar-refractivity contribution is 0.0357. The van der Waals surface area contributed by atoms with Crippen molar-refractivity contribution >= 4 is 33.4 Å². The van der Waals surface area contributed by atoms with Crippen LogP contribution in [0, 0.1) is 11.6 Å². The third-order valence-electron chi connectivity index (χ3n) is 8.46. The lowest BCUT2D eigenvalue weighted by Gasteiger charge is -2.26. The minimum atomic E-state index is -0.893. The van der Waals surface area contributed by atoms with Gasteiger partial charge in [-0.2, -0.15) is 5.10 Å². The second kappa shape index (κ2) is 14.9. The summed E-state index contributed by atoms with van der Waals surface area (Å²) >= 11 is 0. The standard InChI is InChI=1S/C38H33F2N5O6/c1-48-34-22-26-29(23-35(34)50-18-6-15-44-16-19-49-20-17-44)41-14-13-32(26)51-33-12-11-24(21-28(33)40)42-38(47)36-37(46)25-7-2-4-9-30(25)45(43-36)31-10-5-3-8-27(31)39/h2-5,7-14,21-23H,6,15-20H2,1H3,(H,42,47). The zero-order valence-corrected chi connectivity index (χ0v) is 27.6. The number of para-hydroxylation sites is 2. The number of carbonyl (C=O) groups is 1. The molecule has 1 aliphatic rings. The maximum absolute atomic E-state index is 15.5. The molecule has 2 aromatic heterocycles. The van der Waals surface area contributed by atoms with E-state index in [0.29, 0.717) is 40.3 Å². The Morgan fingerprint density at radius 3 is 2.49 bits per heavy atom. The van der Waals surface area contributed by atoms with Gasteiger partial charge in [0.2, 0.25) is 5.43 Å². The number of hydrogen-bond donors (Lipinski definition) is 1. The number of fused-ring (bicyclic) bond motifs is 2. The van der Waals surface area contributed by atoms with E-state index in [4.69, 9.17) is 18.9 Å². The number of methoxy groups -OCH3 is 1. The summed E-state index contributed by atoms with van der Waals surface area (Å²) in [5.74, 6) is -1.05. The molecule has 0 atom stereocenters. The van der Waals surface area contributed by atoms with Crippen molar-refractivity contribution in [3.63, 3.8) is 0 Å². The molecule has 0 saturated carbocycles. The van der Waals surface area contributed by atoms with Crippen LogP contribution in [0.25, 0.3) is 27.5 Å². The summed E-state index contributed by atoms with van der Waals surface area (Å²) in [5.41, 5.74) is -0.160. The summed E-state index contributed by atoms with van der Waals surface area (Å²) in [6, 6.07) is 21.3. The summed E-state index contributed by atoms with van der Waals surface area (Å²) < 4.78 is 54.4. The van der Waals surface area contributed by atoms with Crippen molar-refractivity contribution < 1.29 is 32.5 Å². The molecule has 4 aromatic carbocycles. The highest BCUT2D eigenvalue weighted by Gasteiger charge is 2.21. The highest BCUT2D eigenvalue weighted by Crippen LogP contribution is 2.38. The lowest BCUT2D eigenvalue weighted by Crippen LogP contribution is -2.37. The smallest absolute Gasteiger partial charge is 0.280 e.